The molecule has 1 aromatic rings. The zero-order valence-electron chi connectivity index (χ0n) is 6.87. The Balaban J connectivity index is 3.02. The van der Waals surface area contributed by atoms with Gasteiger partial charge >= 0.3 is 5.97 Å². The Morgan fingerprint density at radius 3 is 2.50 bits per heavy atom. The van der Waals surface area contributed by atoms with Gasteiger partial charge in [0, 0.05) is 9.75 Å². The van der Waals surface area contributed by atoms with Crippen molar-refractivity contribution in [2.24, 2.45) is 0 Å². The van der Waals surface area contributed by atoms with E-state index in [1.54, 1.807) is 6.92 Å². The van der Waals surface area contributed by atoms with Gasteiger partial charge in [-0.05, 0) is 25.5 Å². The molecule has 1 aromatic heterocycles. The van der Waals surface area contributed by atoms with Gasteiger partial charge in [-0.3, -0.25) is 0 Å². The van der Waals surface area contributed by atoms with Crippen LogP contribution in [0.1, 0.15) is 21.4 Å². The lowest BCUT2D eigenvalue weighted by Crippen LogP contribution is -2.09. The van der Waals surface area contributed by atoms with Crippen molar-refractivity contribution in [2.75, 3.05) is 0 Å². The van der Waals surface area contributed by atoms with Crippen LogP contribution in [0.5, 0.6) is 0 Å². The van der Waals surface area contributed by atoms with Gasteiger partial charge in [-0.1, -0.05) is 0 Å². The van der Waals surface area contributed by atoms with Gasteiger partial charge in [0.1, 0.15) is 0 Å². The van der Waals surface area contributed by atoms with Crippen LogP contribution in [0.3, 0.4) is 0 Å². The highest BCUT2D eigenvalue weighted by molar-refractivity contribution is 7.12. The number of aliphatic hydroxyl groups excluding tert-OH is 1. The fourth-order valence-corrected chi connectivity index (χ4v) is 2.06. The van der Waals surface area contributed by atoms with Crippen molar-refractivity contribution >= 4 is 17.3 Å². The van der Waals surface area contributed by atoms with Crippen LogP contribution in [0.15, 0.2) is 6.07 Å². The third kappa shape index (κ3) is 1.65. The van der Waals surface area contributed by atoms with Gasteiger partial charge in [0.2, 0.25) is 0 Å². The van der Waals surface area contributed by atoms with E-state index in [-0.39, 0.29) is 0 Å². The molecule has 0 aliphatic rings. The van der Waals surface area contributed by atoms with Crippen molar-refractivity contribution in [3.8, 4) is 0 Å². The van der Waals surface area contributed by atoms with E-state index in [0.29, 0.717) is 4.88 Å². The number of hydrogen-bond acceptors (Lipinski definition) is 3. The van der Waals surface area contributed by atoms with E-state index >= 15 is 0 Å². The number of carboxylic acids is 1. The van der Waals surface area contributed by atoms with Crippen molar-refractivity contribution < 1.29 is 15.0 Å². The van der Waals surface area contributed by atoms with Gasteiger partial charge in [0.15, 0.2) is 6.10 Å². The number of aryl methyl sites for hydroxylation is 2. The van der Waals surface area contributed by atoms with E-state index in [1.165, 1.54) is 11.3 Å². The molecule has 1 heterocycles. The predicted molar refractivity (Wildman–Crippen MR) is 46.4 cm³/mol. The number of rotatable bonds is 2. The standard InChI is InChI=1S/C8H10O3S/c1-4-3-5(2)12-7(4)6(9)8(10)11/h3,6,9H,1-2H3,(H,10,11). The Labute approximate surface area is 74.3 Å². The molecule has 4 heteroatoms. The largest absolute Gasteiger partial charge is 0.479 e. The first-order valence-corrected chi connectivity index (χ1v) is 4.32. The summed E-state index contributed by atoms with van der Waals surface area (Å²) in [6, 6.07) is 1.87. The van der Waals surface area contributed by atoms with E-state index < -0.39 is 12.1 Å². The molecule has 1 rings (SSSR count). The molecule has 0 saturated heterocycles. The monoisotopic (exact) mass is 186 g/mol. The second kappa shape index (κ2) is 3.25. The summed E-state index contributed by atoms with van der Waals surface area (Å²) < 4.78 is 0. The van der Waals surface area contributed by atoms with Crippen LogP contribution in [0, 0.1) is 13.8 Å². The molecular weight excluding hydrogens is 176 g/mol. The van der Waals surface area contributed by atoms with E-state index in [9.17, 15) is 9.90 Å². The normalized spacial score (nSPS) is 12.9. The maximum Gasteiger partial charge on any atom is 0.338 e. The predicted octanol–water partition coefficient (Wildman–Crippen LogP) is 1.48. The van der Waals surface area contributed by atoms with E-state index in [1.807, 2.05) is 13.0 Å². The Hall–Kier alpha value is -0.870. The molecule has 0 fully saturated rings. The van der Waals surface area contributed by atoms with Gasteiger partial charge < -0.3 is 10.2 Å². The van der Waals surface area contributed by atoms with E-state index in [4.69, 9.17) is 5.11 Å². The molecule has 1 unspecified atom stereocenters. The molecule has 1 atom stereocenters. The smallest absolute Gasteiger partial charge is 0.338 e. The first kappa shape index (κ1) is 9.22. The number of carbonyl (C=O) groups is 1. The molecule has 0 radical (unpaired) electrons. The van der Waals surface area contributed by atoms with Crippen molar-refractivity contribution in [2.45, 2.75) is 20.0 Å². The summed E-state index contributed by atoms with van der Waals surface area (Å²) in [5, 5.41) is 17.7. The van der Waals surface area contributed by atoms with Crippen LogP contribution < -0.4 is 0 Å². The molecule has 0 spiro atoms. The van der Waals surface area contributed by atoms with E-state index in [2.05, 4.69) is 0 Å². The minimum atomic E-state index is -1.37. The van der Waals surface area contributed by atoms with Crippen molar-refractivity contribution in [3.05, 3.63) is 21.4 Å². The number of hydrogen-bond donors (Lipinski definition) is 2. The van der Waals surface area contributed by atoms with Gasteiger partial charge in [-0.2, -0.15) is 0 Å². The Morgan fingerprint density at radius 1 is 1.58 bits per heavy atom. The SMILES string of the molecule is Cc1cc(C)c(C(O)C(=O)O)s1. The fourth-order valence-electron chi connectivity index (χ4n) is 1.04. The number of aliphatic carboxylic acids is 1. The summed E-state index contributed by atoms with van der Waals surface area (Å²) in [6.45, 7) is 3.68. The summed E-state index contributed by atoms with van der Waals surface area (Å²) in [7, 11) is 0. The molecule has 12 heavy (non-hydrogen) atoms. The van der Waals surface area contributed by atoms with Crippen LogP contribution >= 0.6 is 11.3 Å². The van der Waals surface area contributed by atoms with Gasteiger partial charge in [0.25, 0.3) is 0 Å². The third-order valence-electron chi connectivity index (χ3n) is 1.56. The summed E-state index contributed by atoms with van der Waals surface area (Å²) in [5.74, 6) is -1.19. The zero-order valence-corrected chi connectivity index (χ0v) is 7.68. The van der Waals surface area contributed by atoms with Crippen LogP contribution in [-0.4, -0.2) is 16.2 Å². The van der Waals surface area contributed by atoms with Crippen LogP contribution in [-0.2, 0) is 4.79 Å². The Morgan fingerprint density at radius 2 is 2.17 bits per heavy atom. The lowest BCUT2D eigenvalue weighted by Gasteiger charge is -2.02. The maximum atomic E-state index is 10.4. The third-order valence-corrected chi connectivity index (χ3v) is 2.77. The minimum Gasteiger partial charge on any atom is -0.479 e. The maximum absolute atomic E-state index is 10.4. The Bertz CT molecular complexity index is 303. The summed E-state index contributed by atoms with van der Waals surface area (Å²) in [5.41, 5.74) is 0.840. The lowest BCUT2D eigenvalue weighted by atomic mass is 10.2. The quantitative estimate of drug-likeness (QED) is 0.735. The van der Waals surface area contributed by atoms with Crippen LogP contribution in [0.2, 0.25) is 0 Å². The molecule has 2 N–H and O–H groups in total. The number of carboxylic acid groups (broad SMARTS) is 1. The summed E-state index contributed by atoms with van der Waals surface area (Å²) in [4.78, 5) is 12.0. The molecule has 3 nitrogen and oxygen atoms in total. The van der Waals surface area contributed by atoms with Gasteiger partial charge in [0.05, 0.1) is 0 Å². The fraction of sp³-hybridized carbons (Fsp3) is 0.375. The van der Waals surface area contributed by atoms with Crippen molar-refractivity contribution in [3.63, 3.8) is 0 Å². The zero-order chi connectivity index (χ0) is 9.30. The second-order valence-corrected chi connectivity index (χ2v) is 3.93. The number of thiophene rings is 1. The van der Waals surface area contributed by atoms with Crippen molar-refractivity contribution in [1.82, 2.24) is 0 Å². The first-order chi connectivity index (χ1) is 5.52. The van der Waals surface area contributed by atoms with Gasteiger partial charge in [-0.25, -0.2) is 4.79 Å². The van der Waals surface area contributed by atoms with Crippen molar-refractivity contribution in [1.29, 1.82) is 0 Å². The minimum absolute atomic E-state index is 0.528. The average Bonchev–Trinajstić information content (AvgIpc) is 2.28. The lowest BCUT2D eigenvalue weighted by molar-refractivity contribution is -0.146. The molecule has 0 aromatic carbocycles. The average molecular weight is 186 g/mol. The van der Waals surface area contributed by atoms with Gasteiger partial charge in [-0.15, -0.1) is 11.3 Å². The Kier molecular flexibility index (Phi) is 2.49. The van der Waals surface area contributed by atoms with Crippen LogP contribution in [0.4, 0.5) is 0 Å². The highest BCUT2D eigenvalue weighted by Gasteiger charge is 2.19. The molecule has 66 valence electrons. The first-order valence-electron chi connectivity index (χ1n) is 3.50. The summed E-state index contributed by atoms with van der Waals surface area (Å²) >= 11 is 1.32. The summed E-state index contributed by atoms with van der Waals surface area (Å²) in [6.07, 6.45) is -1.37. The molecule has 0 bridgehead atoms. The van der Waals surface area contributed by atoms with Crippen LogP contribution in [0.25, 0.3) is 0 Å². The molecule has 0 saturated carbocycles. The molecular formula is C8H10O3S. The highest BCUT2D eigenvalue weighted by Crippen LogP contribution is 2.27. The second-order valence-electron chi connectivity index (χ2n) is 2.65. The molecule has 0 amide bonds. The topological polar surface area (TPSA) is 57.5 Å². The highest BCUT2D eigenvalue weighted by atomic mass is 32.1. The number of aliphatic hydroxyl groups is 1. The molecule has 0 aliphatic heterocycles. The van der Waals surface area contributed by atoms with E-state index in [0.717, 1.165) is 10.4 Å². The molecule has 0 aliphatic carbocycles.